The molecule has 0 spiro atoms. The van der Waals surface area contributed by atoms with Crippen LogP contribution in [0.15, 0.2) is 36.5 Å². The Balaban J connectivity index is 1.82. The number of hydrogen-bond donors (Lipinski definition) is 1. The zero-order chi connectivity index (χ0) is 14.6. The van der Waals surface area contributed by atoms with Crippen LogP contribution in [0.2, 0.25) is 0 Å². The lowest BCUT2D eigenvalue weighted by molar-refractivity contribution is -0.137. The fourth-order valence-electron chi connectivity index (χ4n) is 1.90. The SMILES string of the molecule is Cn1ccc(CCNCc2cccc(C(F)(F)F)c2)n1. The van der Waals surface area contributed by atoms with Crippen LogP contribution in [0.5, 0.6) is 0 Å². The summed E-state index contributed by atoms with van der Waals surface area (Å²) in [5, 5.41) is 7.35. The predicted molar refractivity (Wildman–Crippen MR) is 70.1 cm³/mol. The summed E-state index contributed by atoms with van der Waals surface area (Å²) < 4.78 is 39.4. The smallest absolute Gasteiger partial charge is 0.312 e. The first kappa shape index (κ1) is 14.6. The van der Waals surface area contributed by atoms with Gasteiger partial charge in [-0.2, -0.15) is 18.3 Å². The summed E-state index contributed by atoms with van der Waals surface area (Å²) in [5.41, 5.74) is 0.978. The van der Waals surface area contributed by atoms with Crippen LogP contribution < -0.4 is 5.32 Å². The quantitative estimate of drug-likeness (QED) is 0.855. The normalized spacial score (nSPS) is 11.8. The van der Waals surface area contributed by atoms with Gasteiger partial charge in [-0.25, -0.2) is 0 Å². The highest BCUT2D eigenvalue weighted by atomic mass is 19.4. The molecular weight excluding hydrogens is 267 g/mol. The van der Waals surface area contributed by atoms with Gasteiger partial charge < -0.3 is 5.32 Å². The third-order valence-corrected chi connectivity index (χ3v) is 2.91. The van der Waals surface area contributed by atoms with Gasteiger partial charge in [0.25, 0.3) is 0 Å². The van der Waals surface area contributed by atoms with Crippen LogP contribution in [0.4, 0.5) is 13.2 Å². The van der Waals surface area contributed by atoms with E-state index in [-0.39, 0.29) is 0 Å². The van der Waals surface area contributed by atoms with E-state index in [2.05, 4.69) is 10.4 Å². The van der Waals surface area contributed by atoms with Crippen molar-refractivity contribution in [3.63, 3.8) is 0 Å². The summed E-state index contributed by atoms with van der Waals surface area (Å²) in [6.45, 7) is 1.09. The number of halogens is 3. The van der Waals surface area contributed by atoms with Crippen molar-refractivity contribution in [3.8, 4) is 0 Å². The van der Waals surface area contributed by atoms with E-state index >= 15 is 0 Å². The zero-order valence-corrected chi connectivity index (χ0v) is 11.1. The number of nitrogens with zero attached hydrogens (tertiary/aromatic N) is 2. The molecule has 0 saturated carbocycles. The average Bonchev–Trinajstić information content (AvgIpc) is 2.80. The number of aromatic nitrogens is 2. The lowest BCUT2D eigenvalue weighted by atomic mass is 10.1. The molecule has 1 aromatic heterocycles. The number of benzene rings is 1. The van der Waals surface area contributed by atoms with Gasteiger partial charge in [-0.15, -0.1) is 0 Å². The van der Waals surface area contributed by atoms with E-state index in [1.54, 1.807) is 10.7 Å². The highest BCUT2D eigenvalue weighted by Crippen LogP contribution is 2.29. The summed E-state index contributed by atoms with van der Waals surface area (Å²) in [6.07, 6.45) is -1.67. The lowest BCUT2D eigenvalue weighted by Crippen LogP contribution is -2.17. The van der Waals surface area contributed by atoms with E-state index in [1.165, 1.54) is 12.1 Å². The Morgan fingerprint density at radius 3 is 2.70 bits per heavy atom. The molecule has 0 saturated heterocycles. The van der Waals surface area contributed by atoms with Crippen LogP contribution in [-0.2, 0) is 26.2 Å². The maximum atomic E-state index is 12.5. The molecular formula is C14H16F3N3. The Morgan fingerprint density at radius 2 is 2.05 bits per heavy atom. The molecule has 0 unspecified atom stereocenters. The standard InChI is InChI=1S/C14H16F3N3/c1-20-8-6-13(19-20)5-7-18-10-11-3-2-4-12(9-11)14(15,16)17/h2-4,6,8-9,18H,5,7,10H2,1H3. The van der Waals surface area contributed by atoms with E-state index in [0.29, 0.717) is 18.7 Å². The Labute approximate surface area is 115 Å². The van der Waals surface area contributed by atoms with Gasteiger partial charge >= 0.3 is 6.18 Å². The van der Waals surface area contributed by atoms with Gasteiger partial charge in [-0.1, -0.05) is 18.2 Å². The molecule has 1 aromatic carbocycles. The minimum absolute atomic E-state index is 0.413. The molecule has 2 rings (SSSR count). The minimum atomic E-state index is -4.29. The zero-order valence-electron chi connectivity index (χ0n) is 11.1. The van der Waals surface area contributed by atoms with Crippen LogP contribution in [0, 0.1) is 0 Å². The van der Waals surface area contributed by atoms with Gasteiger partial charge in [-0.3, -0.25) is 4.68 Å². The number of rotatable bonds is 5. The topological polar surface area (TPSA) is 29.9 Å². The molecule has 0 aliphatic heterocycles. The molecule has 0 bridgehead atoms. The molecule has 1 N–H and O–H groups in total. The monoisotopic (exact) mass is 283 g/mol. The van der Waals surface area contributed by atoms with Crippen LogP contribution in [0.25, 0.3) is 0 Å². The average molecular weight is 283 g/mol. The van der Waals surface area contributed by atoms with Crippen molar-refractivity contribution in [3.05, 3.63) is 53.3 Å². The van der Waals surface area contributed by atoms with Crippen LogP contribution in [0.3, 0.4) is 0 Å². The van der Waals surface area contributed by atoms with Gasteiger partial charge in [0.15, 0.2) is 0 Å². The summed E-state index contributed by atoms with van der Waals surface area (Å²) in [6, 6.07) is 7.29. The fourth-order valence-corrected chi connectivity index (χ4v) is 1.90. The molecule has 0 radical (unpaired) electrons. The Kier molecular flexibility index (Phi) is 4.44. The van der Waals surface area contributed by atoms with E-state index in [1.807, 2.05) is 19.3 Å². The van der Waals surface area contributed by atoms with Crippen molar-refractivity contribution < 1.29 is 13.2 Å². The van der Waals surface area contributed by atoms with Crippen molar-refractivity contribution in [1.29, 1.82) is 0 Å². The van der Waals surface area contributed by atoms with Gasteiger partial charge in [0.2, 0.25) is 0 Å². The van der Waals surface area contributed by atoms with E-state index in [0.717, 1.165) is 18.2 Å². The van der Waals surface area contributed by atoms with Gasteiger partial charge in [0, 0.05) is 32.8 Å². The molecule has 0 amide bonds. The summed E-state index contributed by atoms with van der Waals surface area (Å²) in [4.78, 5) is 0. The van der Waals surface area contributed by atoms with Crippen molar-refractivity contribution in [2.45, 2.75) is 19.1 Å². The largest absolute Gasteiger partial charge is 0.416 e. The molecule has 0 atom stereocenters. The number of alkyl halides is 3. The molecule has 0 aliphatic rings. The van der Waals surface area contributed by atoms with Crippen molar-refractivity contribution >= 4 is 0 Å². The summed E-state index contributed by atoms with van der Waals surface area (Å²) in [5.74, 6) is 0. The van der Waals surface area contributed by atoms with E-state index in [4.69, 9.17) is 0 Å². The fraction of sp³-hybridized carbons (Fsp3) is 0.357. The first-order valence-electron chi connectivity index (χ1n) is 6.30. The van der Waals surface area contributed by atoms with Crippen LogP contribution >= 0.6 is 0 Å². The molecule has 6 heteroatoms. The second-order valence-corrected chi connectivity index (χ2v) is 4.61. The maximum absolute atomic E-state index is 12.5. The Hall–Kier alpha value is -1.82. The van der Waals surface area contributed by atoms with E-state index in [9.17, 15) is 13.2 Å². The Bertz CT molecular complexity index is 561. The van der Waals surface area contributed by atoms with Crippen LogP contribution in [0.1, 0.15) is 16.8 Å². The number of aryl methyl sites for hydroxylation is 1. The molecule has 3 nitrogen and oxygen atoms in total. The number of hydrogen-bond acceptors (Lipinski definition) is 2. The predicted octanol–water partition coefficient (Wildman–Crippen LogP) is 2.77. The molecule has 0 fully saturated rings. The number of nitrogens with one attached hydrogen (secondary N) is 1. The molecule has 2 aromatic rings. The molecule has 0 aliphatic carbocycles. The highest BCUT2D eigenvalue weighted by molar-refractivity contribution is 5.25. The third-order valence-electron chi connectivity index (χ3n) is 2.91. The highest BCUT2D eigenvalue weighted by Gasteiger charge is 2.30. The van der Waals surface area contributed by atoms with E-state index < -0.39 is 11.7 Å². The lowest BCUT2D eigenvalue weighted by Gasteiger charge is -2.09. The third kappa shape index (κ3) is 4.09. The molecule has 20 heavy (non-hydrogen) atoms. The van der Waals surface area contributed by atoms with Gasteiger partial charge in [0.1, 0.15) is 0 Å². The van der Waals surface area contributed by atoms with Gasteiger partial charge in [-0.05, 0) is 17.7 Å². The summed E-state index contributed by atoms with van der Waals surface area (Å²) in [7, 11) is 1.85. The maximum Gasteiger partial charge on any atom is 0.416 e. The first-order chi connectivity index (χ1) is 9.45. The van der Waals surface area contributed by atoms with Crippen molar-refractivity contribution in [2.24, 2.45) is 7.05 Å². The van der Waals surface area contributed by atoms with Crippen molar-refractivity contribution in [1.82, 2.24) is 15.1 Å². The Morgan fingerprint density at radius 1 is 1.25 bits per heavy atom. The molecule has 1 heterocycles. The van der Waals surface area contributed by atoms with Gasteiger partial charge in [0.05, 0.1) is 11.3 Å². The van der Waals surface area contributed by atoms with Crippen molar-refractivity contribution in [2.75, 3.05) is 6.54 Å². The second-order valence-electron chi connectivity index (χ2n) is 4.61. The second kappa shape index (κ2) is 6.09. The summed E-state index contributed by atoms with van der Waals surface area (Å²) >= 11 is 0. The molecule has 108 valence electrons. The minimum Gasteiger partial charge on any atom is -0.312 e. The van der Waals surface area contributed by atoms with Crippen LogP contribution in [-0.4, -0.2) is 16.3 Å². The first-order valence-corrected chi connectivity index (χ1v) is 6.30.